The molecule has 0 bridgehead atoms. The van der Waals surface area contributed by atoms with E-state index in [1.807, 2.05) is 12.1 Å². The van der Waals surface area contributed by atoms with Gasteiger partial charge in [0.25, 0.3) is 0 Å². The maximum absolute atomic E-state index is 12.2. The van der Waals surface area contributed by atoms with Crippen molar-refractivity contribution in [3.8, 4) is 0 Å². The topological polar surface area (TPSA) is 61.9 Å². The van der Waals surface area contributed by atoms with Gasteiger partial charge in [-0.1, -0.05) is 11.6 Å². The molecule has 0 spiro atoms. The summed E-state index contributed by atoms with van der Waals surface area (Å²) in [5.74, 6) is -0.305. The second kappa shape index (κ2) is 8.62. The van der Waals surface area contributed by atoms with Gasteiger partial charge in [-0.05, 0) is 58.2 Å². The number of hydrogen-bond donors (Lipinski definition) is 1. The van der Waals surface area contributed by atoms with Gasteiger partial charge in [-0.25, -0.2) is 4.79 Å². The Morgan fingerprint density at radius 3 is 2.46 bits per heavy atom. The maximum atomic E-state index is 12.2. The smallest absolute Gasteiger partial charge is 0.410 e. The number of anilines is 2. The van der Waals surface area contributed by atoms with Crippen LogP contribution in [0.2, 0.25) is 5.02 Å². The molecule has 1 aromatic carbocycles. The monoisotopic (exact) mass is 381 g/mol. The van der Waals surface area contributed by atoms with Gasteiger partial charge in [0.1, 0.15) is 12.1 Å². The molecule has 0 saturated carbocycles. The molecule has 6 nitrogen and oxygen atoms in total. The fourth-order valence-corrected chi connectivity index (χ4v) is 3.10. The molecule has 0 unspecified atom stereocenters. The van der Waals surface area contributed by atoms with Gasteiger partial charge in [0, 0.05) is 25.8 Å². The number of amides is 2. The minimum atomic E-state index is -0.598. The van der Waals surface area contributed by atoms with E-state index in [1.165, 1.54) is 31.2 Å². The number of carbonyl (C=O) groups is 2. The zero-order valence-corrected chi connectivity index (χ0v) is 16.7. The summed E-state index contributed by atoms with van der Waals surface area (Å²) in [7, 11) is 1.53. The minimum absolute atomic E-state index is 0.0968. The number of halogens is 1. The summed E-state index contributed by atoms with van der Waals surface area (Å²) >= 11 is 6.40. The first-order valence-corrected chi connectivity index (χ1v) is 9.32. The van der Waals surface area contributed by atoms with E-state index in [-0.39, 0.29) is 12.5 Å². The van der Waals surface area contributed by atoms with Crippen LogP contribution in [-0.4, -0.2) is 49.2 Å². The van der Waals surface area contributed by atoms with E-state index in [0.717, 1.165) is 18.8 Å². The molecule has 1 saturated heterocycles. The third-order valence-corrected chi connectivity index (χ3v) is 4.32. The van der Waals surface area contributed by atoms with Crippen LogP contribution in [0.15, 0.2) is 18.2 Å². The number of likely N-dealkylation sites (N-methyl/N-ethyl adjacent to an activating group) is 1. The van der Waals surface area contributed by atoms with Gasteiger partial charge >= 0.3 is 6.09 Å². The molecular formula is C19H28ClN3O3. The normalized spacial score (nSPS) is 14.7. The minimum Gasteiger partial charge on any atom is -0.444 e. The number of carbonyl (C=O) groups excluding carboxylic acids is 2. The van der Waals surface area contributed by atoms with Crippen LogP contribution < -0.4 is 10.2 Å². The Morgan fingerprint density at radius 1 is 1.23 bits per heavy atom. The molecule has 1 fully saturated rings. The number of rotatable bonds is 4. The molecule has 2 amide bonds. The van der Waals surface area contributed by atoms with Crippen molar-refractivity contribution in [2.24, 2.45) is 0 Å². The van der Waals surface area contributed by atoms with Gasteiger partial charge in [0.15, 0.2) is 0 Å². The third-order valence-electron chi connectivity index (χ3n) is 4.01. The summed E-state index contributed by atoms with van der Waals surface area (Å²) in [5.41, 5.74) is 1.01. The lowest BCUT2D eigenvalue weighted by Gasteiger charge is -2.29. The standard InChI is InChI=1S/C19H28ClN3O3/c1-19(2,3)26-18(25)22(4)13-17(24)21-14-8-9-16(15(20)12-14)23-10-6-5-7-11-23/h8-9,12H,5-7,10-11,13H2,1-4H3,(H,21,24). The number of hydrogen-bond acceptors (Lipinski definition) is 4. The maximum Gasteiger partial charge on any atom is 0.410 e. The molecule has 0 aromatic heterocycles. The van der Waals surface area contributed by atoms with Crippen LogP contribution in [0.3, 0.4) is 0 Å². The summed E-state index contributed by atoms with van der Waals surface area (Å²) in [5, 5.41) is 3.39. The number of benzene rings is 1. The summed E-state index contributed by atoms with van der Waals surface area (Å²) in [6.45, 7) is 7.26. The van der Waals surface area contributed by atoms with Crippen molar-refractivity contribution in [2.75, 3.05) is 36.9 Å². The zero-order valence-electron chi connectivity index (χ0n) is 16.0. The van der Waals surface area contributed by atoms with Crippen molar-refractivity contribution in [1.29, 1.82) is 0 Å². The van der Waals surface area contributed by atoms with Gasteiger partial charge in [-0.3, -0.25) is 4.79 Å². The highest BCUT2D eigenvalue weighted by Gasteiger charge is 2.21. The van der Waals surface area contributed by atoms with E-state index < -0.39 is 11.7 Å². The van der Waals surface area contributed by atoms with Crippen molar-refractivity contribution in [1.82, 2.24) is 4.90 Å². The van der Waals surface area contributed by atoms with Gasteiger partial charge in [0.05, 0.1) is 10.7 Å². The highest BCUT2D eigenvalue weighted by molar-refractivity contribution is 6.33. The van der Waals surface area contributed by atoms with Gasteiger partial charge in [-0.2, -0.15) is 0 Å². The van der Waals surface area contributed by atoms with E-state index in [4.69, 9.17) is 16.3 Å². The van der Waals surface area contributed by atoms with Crippen molar-refractivity contribution >= 4 is 35.0 Å². The predicted molar refractivity (Wildman–Crippen MR) is 105 cm³/mol. The van der Waals surface area contributed by atoms with Crippen molar-refractivity contribution in [2.45, 2.75) is 45.6 Å². The van der Waals surface area contributed by atoms with Crippen molar-refractivity contribution in [3.05, 3.63) is 23.2 Å². The Hall–Kier alpha value is -1.95. The quantitative estimate of drug-likeness (QED) is 0.851. The Balaban J connectivity index is 1.92. The molecule has 26 heavy (non-hydrogen) atoms. The highest BCUT2D eigenvalue weighted by Crippen LogP contribution is 2.30. The molecule has 1 aliphatic heterocycles. The fraction of sp³-hybridized carbons (Fsp3) is 0.579. The van der Waals surface area contributed by atoms with E-state index in [1.54, 1.807) is 26.8 Å². The average Bonchev–Trinajstić information content (AvgIpc) is 2.54. The van der Waals surface area contributed by atoms with Crippen LogP contribution in [0.25, 0.3) is 0 Å². The zero-order chi connectivity index (χ0) is 19.3. The molecule has 144 valence electrons. The lowest BCUT2D eigenvalue weighted by Crippen LogP contribution is -2.38. The third kappa shape index (κ3) is 6.09. The first-order chi connectivity index (χ1) is 12.2. The lowest BCUT2D eigenvalue weighted by atomic mass is 10.1. The average molecular weight is 382 g/mol. The molecule has 0 radical (unpaired) electrons. The van der Waals surface area contributed by atoms with Gasteiger partial charge in [-0.15, -0.1) is 0 Å². The van der Waals surface area contributed by atoms with Crippen LogP contribution in [-0.2, 0) is 9.53 Å². The van der Waals surface area contributed by atoms with Crippen LogP contribution >= 0.6 is 11.6 Å². The van der Waals surface area contributed by atoms with Gasteiger partial charge in [0.2, 0.25) is 5.91 Å². The molecule has 1 heterocycles. The largest absolute Gasteiger partial charge is 0.444 e. The molecule has 2 rings (SSSR count). The van der Waals surface area contributed by atoms with Gasteiger partial charge < -0.3 is 19.9 Å². The predicted octanol–water partition coefficient (Wildman–Crippen LogP) is 4.14. The van der Waals surface area contributed by atoms with Crippen molar-refractivity contribution < 1.29 is 14.3 Å². The SMILES string of the molecule is CN(CC(=O)Nc1ccc(N2CCCCC2)c(Cl)c1)C(=O)OC(C)(C)C. The number of nitrogens with one attached hydrogen (secondary N) is 1. The van der Waals surface area contributed by atoms with Crippen LogP contribution in [0.4, 0.5) is 16.2 Å². The summed E-state index contributed by atoms with van der Waals surface area (Å²) in [4.78, 5) is 27.6. The van der Waals surface area contributed by atoms with E-state index in [0.29, 0.717) is 10.7 Å². The van der Waals surface area contributed by atoms with E-state index in [2.05, 4.69) is 10.2 Å². The first kappa shape index (κ1) is 20.4. The van der Waals surface area contributed by atoms with Crippen molar-refractivity contribution in [3.63, 3.8) is 0 Å². The van der Waals surface area contributed by atoms with Crippen LogP contribution in [0, 0.1) is 0 Å². The lowest BCUT2D eigenvalue weighted by molar-refractivity contribution is -0.117. The Bertz CT molecular complexity index is 652. The van der Waals surface area contributed by atoms with E-state index in [9.17, 15) is 9.59 Å². The molecule has 1 aromatic rings. The second-order valence-electron chi connectivity index (χ2n) is 7.60. The summed E-state index contributed by atoms with van der Waals surface area (Å²) in [6, 6.07) is 5.51. The second-order valence-corrected chi connectivity index (χ2v) is 8.01. The number of piperidine rings is 1. The Labute approximate surface area is 160 Å². The Morgan fingerprint density at radius 2 is 1.88 bits per heavy atom. The first-order valence-electron chi connectivity index (χ1n) is 8.94. The highest BCUT2D eigenvalue weighted by atomic mass is 35.5. The van der Waals surface area contributed by atoms with Crippen LogP contribution in [0.1, 0.15) is 40.0 Å². The summed E-state index contributed by atoms with van der Waals surface area (Å²) < 4.78 is 5.23. The van der Waals surface area contributed by atoms with E-state index >= 15 is 0 Å². The number of nitrogens with zero attached hydrogens (tertiary/aromatic N) is 2. The molecular weight excluding hydrogens is 354 g/mol. The Kier molecular flexibility index (Phi) is 6.75. The fourth-order valence-electron chi connectivity index (χ4n) is 2.80. The molecule has 7 heteroatoms. The number of ether oxygens (including phenoxy) is 1. The molecule has 1 N–H and O–H groups in total. The van der Waals surface area contributed by atoms with Crippen LogP contribution in [0.5, 0.6) is 0 Å². The molecule has 1 aliphatic rings. The molecule has 0 aliphatic carbocycles. The molecule has 0 atom stereocenters. The summed E-state index contributed by atoms with van der Waals surface area (Å²) in [6.07, 6.45) is 3.07.